The summed E-state index contributed by atoms with van der Waals surface area (Å²) >= 11 is 0. The van der Waals surface area contributed by atoms with E-state index in [9.17, 15) is 39.0 Å². The number of aromatic hydroxyl groups is 1. The van der Waals surface area contributed by atoms with Crippen molar-refractivity contribution in [3.05, 3.63) is 250 Å². The van der Waals surface area contributed by atoms with Gasteiger partial charge in [0.05, 0.1) is 32.0 Å². The highest BCUT2D eigenvalue weighted by Gasteiger charge is 2.33. The molecule has 8 aromatic carbocycles. The Kier molecular flexibility index (Phi) is 21.3. The van der Waals surface area contributed by atoms with E-state index in [0.29, 0.717) is 29.0 Å². The van der Waals surface area contributed by atoms with Crippen LogP contribution in [0.4, 0.5) is 9.59 Å². The van der Waals surface area contributed by atoms with Crippen LogP contribution >= 0.6 is 0 Å². The number of aliphatic hydroxyl groups excluding tert-OH is 1. The third-order valence-electron chi connectivity index (χ3n) is 14.3. The number of amides is 2. The van der Waals surface area contributed by atoms with Crippen molar-refractivity contribution in [3.63, 3.8) is 0 Å². The van der Waals surface area contributed by atoms with E-state index in [0.717, 1.165) is 61.2 Å². The first-order valence-electron chi connectivity index (χ1n) is 28.1. The second-order valence-electron chi connectivity index (χ2n) is 21.5. The summed E-state index contributed by atoms with van der Waals surface area (Å²) in [5.74, 6) is -1.93. The topological polar surface area (TPSA) is 243 Å². The van der Waals surface area contributed by atoms with Gasteiger partial charge in [-0.25, -0.2) is 28.8 Å². The number of methoxy groups -OCH3 is 2. The van der Waals surface area contributed by atoms with Crippen LogP contribution in [0.3, 0.4) is 0 Å². The van der Waals surface area contributed by atoms with Crippen molar-refractivity contribution in [1.29, 1.82) is 0 Å². The molecule has 2 atom stereocenters. The number of aliphatic carboxylic acids is 1. The first kappa shape index (κ1) is 62.8. The van der Waals surface area contributed by atoms with Crippen LogP contribution in [0, 0.1) is 0 Å². The number of ether oxygens (including phenoxy) is 6. The van der Waals surface area contributed by atoms with Gasteiger partial charge < -0.3 is 54.4 Å². The van der Waals surface area contributed by atoms with Crippen molar-refractivity contribution in [3.8, 4) is 33.8 Å². The minimum atomic E-state index is -1.16. The lowest BCUT2D eigenvalue weighted by Gasteiger charge is -2.25. The molecule has 0 aliphatic heterocycles. The van der Waals surface area contributed by atoms with Gasteiger partial charge in [-0.2, -0.15) is 0 Å². The van der Waals surface area contributed by atoms with Crippen LogP contribution in [0.15, 0.2) is 194 Å². The number of alkyl carbamates (subject to hydrolysis) is 2. The number of rotatable bonds is 18. The molecule has 0 unspecified atom stereocenters. The molecule has 0 aromatic heterocycles. The lowest BCUT2D eigenvalue weighted by molar-refractivity contribution is -0.157. The molecule has 0 spiro atoms. The van der Waals surface area contributed by atoms with Gasteiger partial charge in [-0.15, -0.1) is 0 Å². The summed E-state index contributed by atoms with van der Waals surface area (Å²) in [6, 6.07) is 57.1. The van der Waals surface area contributed by atoms with E-state index in [1.54, 1.807) is 106 Å². The molecule has 448 valence electrons. The Labute approximate surface area is 504 Å². The maximum absolute atomic E-state index is 12.8. The second-order valence-corrected chi connectivity index (χ2v) is 21.5. The van der Waals surface area contributed by atoms with E-state index in [4.69, 9.17) is 28.8 Å². The van der Waals surface area contributed by atoms with Crippen molar-refractivity contribution < 1.29 is 72.5 Å². The maximum Gasteiger partial charge on any atom is 0.407 e. The maximum atomic E-state index is 12.8. The number of benzene rings is 8. The molecule has 2 aliphatic carbocycles. The van der Waals surface area contributed by atoms with Gasteiger partial charge in [0.25, 0.3) is 0 Å². The van der Waals surface area contributed by atoms with Crippen molar-refractivity contribution in [2.45, 2.75) is 76.3 Å². The van der Waals surface area contributed by atoms with Crippen molar-refractivity contribution in [1.82, 2.24) is 10.6 Å². The molecule has 17 heteroatoms. The van der Waals surface area contributed by atoms with Gasteiger partial charge in [-0.3, -0.25) is 0 Å². The van der Waals surface area contributed by atoms with Gasteiger partial charge in [0.2, 0.25) is 0 Å². The van der Waals surface area contributed by atoms with Crippen LogP contribution in [0.2, 0.25) is 0 Å². The molecule has 5 N–H and O–H groups in total. The summed E-state index contributed by atoms with van der Waals surface area (Å²) < 4.78 is 31.6. The van der Waals surface area contributed by atoms with Crippen LogP contribution in [-0.2, 0) is 59.3 Å². The average Bonchev–Trinajstić information content (AvgIpc) is 1.71. The Hall–Kier alpha value is -10.3. The predicted molar refractivity (Wildman–Crippen MR) is 325 cm³/mol. The lowest BCUT2D eigenvalue weighted by Crippen LogP contribution is -2.46. The highest BCUT2D eigenvalue weighted by molar-refractivity contribution is 5.90. The molecular formula is C70H68N2O15. The van der Waals surface area contributed by atoms with Crippen LogP contribution in [0.5, 0.6) is 11.5 Å². The van der Waals surface area contributed by atoms with E-state index in [1.807, 2.05) is 60.7 Å². The monoisotopic (exact) mass is 1180 g/mol. The van der Waals surface area contributed by atoms with Crippen LogP contribution in [0.25, 0.3) is 22.3 Å². The number of phenols is 1. The van der Waals surface area contributed by atoms with Crippen molar-refractivity contribution in [2.24, 2.45) is 0 Å². The molecule has 0 heterocycles. The van der Waals surface area contributed by atoms with Gasteiger partial charge in [-0.1, -0.05) is 146 Å². The lowest BCUT2D eigenvalue weighted by atomic mass is 9.98. The molecule has 10 rings (SSSR count). The highest BCUT2D eigenvalue weighted by Crippen LogP contribution is 2.46. The van der Waals surface area contributed by atoms with Crippen LogP contribution < -0.4 is 15.4 Å². The first-order valence-corrected chi connectivity index (χ1v) is 28.1. The van der Waals surface area contributed by atoms with Gasteiger partial charge in [0.15, 0.2) is 0 Å². The molecule has 87 heavy (non-hydrogen) atoms. The Morgan fingerprint density at radius 2 is 0.851 bits per heavy atom. The number of phenolic OH excluding ortho intramolecular Hbond substituents is 1. The number of carboxylic acid groups (broad SMARTS) is 1. The Morgan fingerprint density at radius 3 is 1.24 bits per heavy atom. The summed E-state index contributed by atoms with van der Waals surface area (Å²) in [6.45, 7) is 5.86. The first-order chi connectivity index (χ1) is 41.9. The van der Waals surface area contributed by atoms with Gasteiger partial charge in [0, 0.05) is 24.7 Å². The molecule has 0 fully saturated rings. The van der Waals surface area contributed by atoms with Crippen molar-refractivity contribution >= 4 is 36.1 Å². The zero-order valence-electron chi connectivity index (χ0n) is 48.8. The molecular weight excluding hydrogens is 1110 g/mol. The fraction of sp³-hybridized carbons (Fsp3) is 0.229. The molecule has 17 nitrogen and oxygen atoms in total. The second kappa shape index (κ2) is 29.5. The predicted octanol–water partition coefficient (Wildman–Crippen LogP) is 11.7. The smallest absolute Gasteiger partial charge is 0.407 e. The summed E-state index contributed by atoms with van der Waals surface area (Å²) in [7, 11) is 2.67. The van der Waals surface area contributed by atoms with Gasteiger partial charge in [-0.05, 0) is 136 Å². The SMILES string of the molecule is CC(C)(C)OC(=O)[C@H](Cc1ccc(O)cc1)NC(=O)OCC1c2ccccc2-c2ccccc21.COC(=O)c1ccc(CO)cc1.COC(=O)c1ccc(COc2ccc(C[C@H](NC(=O)OCC3c4ccccc4-c4ccccc43)C(=O)O)cc2)cc1. The van der Waals surface area contributed by atoms with Crippen LogP contribution in [-0.4, -0.2) is 96.5 Å². The molecule has 0 saturated heterocycles. The number of hydrogen-bond donors (Lipinski definition) is 5. The third kappa shape index (κ3) is 17.0. The van der Waals surface area contributed by atoms with Crippen molar-refractivity contribution in [2.75, 3.05) is 27.4 Å². The number of aliphatic hydroxyl groups is 1. The van der Waals surface area contributed by atoms with Gasteiger partial charge >= 0.3 is 36.1 Å². The summed E-state index contributed by atoms with van der Waals surface area (Å²) in [4.78, 5) is 72.6. The number of carbonyl (C=O) groups is 6. The third-order valence-corrected chi connectivity index (χ3v) is 14.3. The molecule has 2 amide bonds. The minimum absolute atomic E-state index is 0.0124. The number of carbonyl (C=O) groups excluding carboxylic acids is 5. The largest absolute Gasteiger partial charge is 0.508 e. The molecule has 2 aliphatic rings. The van der Waals surface area contributed by atoms with E-state index in [-0.39, 0.29) is 56.2 Å². The molecule has 0 saturated carbocycles. The molecule has 8 aromatic rings. The number of carboxylic acids is 1. The fourth-order valence-corrected chi connectivity index (χ4v) is 10.0. The fourth-order valence-electron chi connectivity index (χ4n) is 10.0. The average molecular weight is 1180 g/mol. The zero-order chi connectivity index (χ0) is 62.0. The quantitative estimate of drug-likeness (QED) is 0.0396. The van der Waals surface area contributed by atoms with E-state index >= 15 is 0 Å². The zero-order valence-corrected chi connectivity index (χ0v) is 48.8. The highest BCUT2D eigenvalue weighted by atomic mass is 16.6. The van der Waals surface area contributed by atoms with E-state index in [2.05, 4.69) is 51.8 Å². The van der Waals surface area contributed by atoms with Gasteiger partial charge in [0.1, 0.15) is 49.0 Å². The Bertz CT molecular complexity index is 3580. The number of nitrogens with one attached hydrogen (secondary N) is 2. The summed E-state index contributed by atoms with van der Waals surface area (Å²) in [5, 5.41) is 33.1. The molecule has 0 radical (unpaired) electrons. The number of esters is 3. The normalized spacial score (nSPS) is 12.5. The number of fused-ring (bicyclic) bond motifs is 6. The van der Waals surface area contributed by atoms with E-state index in [1.165, 1.54) is 26.4 Å². The van der Waals surface area contributed by atoms with Crippen LogP contribution in [0.1, 0.15) is 97.8 Å². The Morgan fingerprint density at radius 1 is 0.483 bits per heavy atom. The Balaban J connectivity index is 0.000000192. The summed E-state index contributed by atoms with van der Waals surface area (Å²) in [5.41, 5.74) is 12.3. The standard InChI is InChI=1S/C33H29NO7.C28H29NO5.C9H10O3/c1-39-32(37)23-14-10-22(11-15-23)19-40-24-16-12-21(13-17-24)18-30(31(35)36)34-33(38)41-20-29-27-8-4-2-6-25(27)26-7-3-5-9-28(26)29;1-28(2,3)34-26(31)25(16-18-12-14-19(30)15-13-18)29-27(32)33-17-24-22-10-6-4-8-20(22)21-9-5-7-11-23(21)24;1-12-9(11)8-4-2-7(6-10)3-5-8/h2-17,29-30H,18-20H2,1H3,(H,34,38)(H,35,36);4-15,24-25,30H,16-17H2,1-3H3,(H,29,32);2-5,10H,6H2,1H3/t30-;25-;/m00./s1. The minimum Gasteiger partial charge on any atom is -0.508 e. The summed E-state index contributed by atoms with van der Waals surface area (Å²) in [6.07, 6.45) is -1.18. The van der Waals surface area contributed by atoms with E-state index < -0.39 is 47.8 Å². The molecule has 0 bridgehead atoms. The number of hydrogen-bond acceptors (Lipinski definition) is 14.